The van der Waals surface area contributed by atoms with Crippen molar-refractivity contribution < 1.29 is 46.1 Å². The summed E-state index contributed by atoms with van der Waals surface area (Å²) in [5, 5.41) is 16.4. The van der Waals surface area contributed by atoms with Crippen molar-refractivity contribution in [3.8, 4) is 0 Å². The van der Waals surface area contributed by atoms with Gasteiger partial charge in [0.25, 0.3) is 0 Å². The predicted octanol–water partition coefficient (Wildman–Crippen LogP) is 12.7. The van der Waals surface area contributed by atoms with E-state index in [9.17, 15) is 27.2 Å². The molecule has 2 fully saturated rings. The first-order chi connectivity index (χ1) is 33.2. The number of benzene rings is 4. The molecule has 0 unspecified atom stereocenters. The number of halogens is 6. The molecular weight excluding hydrogens is 952 g/mol. The number of aromatic nitrogens is 4. The highest BCUT2D eigenvalue weighted by molar-refractivity contribution is 6.31. The lowest BCUT2D eigenvalue weighted by Crippen LogP contribution is -2.48. The SMILES string of the molecule is CC(C)(C)OC(=O)N1CCC(CO[C@@H](CF)c2cc(Cl)cc3cn[nH]c23)(c2ccc(F)cc2)CC1.CC(C)(C)OC(=O)N1CCC(CO[C@H](CF)c2cc(Cl)cc3cn[nH]c23)(c2ccc(F)cc2)CC1. The predicted molar refractivity (Wildman–Crippen MR) is 262 cm³/mol. The number of hydrogen-bond acceptors (Lipinski definition) is 8. The van der Waals surface area contributed by atoms with Gasteiger partial charge in [-0.05, 0) is 127 Å². The number of ether oxygens (including phenoxy) is 4. The van der Waals surface area contributed by atoms with Crippen LogP contribution < -0.4 is 0 Å². The quantitative estimate of drug-likeness (QED) is 0.116. The average Bonchev–Trinajstić information content (AvgIpc) is 3.99. The van der Waals surface area contributed by atoms with Crippen molar-refractivity contribution >= 4 is 57.2 Å². The van der Waals surface area contributed by atoms with E-state index in [-0.39, 0.29) is 37.0 Å². The highest BCUT2D eigenvalue weighted by Crippen LogP contribution is 2.41. The van der Waals surface area contributed by atoms with Crippen LogP contribution in [0.4, 0.5) is 27.2 Å². The summed E-state index contributed by atoms with van der Waals surface area (Å²) in [4.78, 5) is 28.5. The van der Waals surface area contributed by atoms with E-state index >= 15 is 0 Å². The molecule has 4 heterocycles. The number of piperidine rings is 2. The molecule has 2 aliphatic rings. The van der Waals surface area contributed by atoms with Crippen LogP contribution in [0.2, 0.25) is 10.0 Å². The van der Waals surface area contributed by atoms with Gasteiger partial charge < -0.3 is 28.7 Å². The number of carbonyl (C=O) groups is 2. The van der Waals surface area contributed by atoms with E-state index in [4.69, 9.17) is 42.1 Å². The first-order valence-electron chi connectivity index (χ1n) is 23.3. The van der Waals surface area contributed by atoms with E-state index in [0.717, 1.165) is 21.9 Å². The van der Waals surface area contributed by atoms with E-state index in [1.165, 1.54) is 24.3 Å². The molecule has 2 saturated heterocycles. The van der Waals surface area contributed by atoms with E-state index in [0.29, 0.717) is 84.1 Å². The van der Waals surface area contributed by atoms with Crippen LogP contribution >= 0.6 is 23.2 Å². The molecule has 2 aromatic heterocycles. The van der Waals surface area contributed by atoms with E-state index in [1.807, 2.05) is 41.5 Å². The fourth-order valence-electron chi connectivity index (χ4n) is 9.08. The van der Waals surface area contributed by atoms with Crippen molar-refractivity contribution in [3.63, 3.8) is 0 Å². The van der Waals surface area contributed by atoms with Gasteiger partial charge in [0.1, 0.15) is 48.4 Å². The second-order valence-electron chi connectivity index (χ2n) is 20.1. The van der Waals surface area contributed by atoms with Crippen LogP contribution in [0.25, 0.3) is 21.8 Å². The largest absolute Gasteiger partial charge is 0.444 e. The second kappa shape index (κ2) is 21.9. The maximum absolute atomic E-state index is 14.2. The van der Waals surface area contributed by atoms with Crippen LogP contribution in [0.5, 0.6) is 0 Å². The molecule has 0 aliphatic carbocycles. The first-order valence-corrected chi connectivity index (χ1v) is 24.0. The third kappa shape index (κ3) is 12.7. The maximum Gasteiger partial charge on any atom is 0.410 e. The van der Waals surface area contributed by atoms with Crippen molar-refractivity contribution in [1.82, 2.24) is 30.2 Å². The number of H-pyrrole nitrogens is 2. The molecule has 0 radical (unpaired) electrons. The molecule has 376 valence electrons. The third-order valence-corrected chi connectivity index (χ3v) is 13.3. The average molecular weight is 1010 g/mol. The molecule has 0 bridgehead atoms. The molecule has 2 N–H and O–H groups in total. The minimum atomic E-state index is -0.863. The zero-order valence-electron chi connectivity index (χ0n) is 40.2. The maximum atomic E-state index is 14.2. The van der Waals surface area contributed by atoms with Crippen LogP contribution in [0.1, 0.15) is 102 Å². The molecule has 8 rings (SSSR count). The molecule has 70 heavy (non-hydrogen) atoms. The van der Waals surface area contributed by atoms with Gasteiger partial charge in [0, 0.05) is 69.0 Å². The van der Waals surface area contributed by atoms with Gasteiger partial charge in [-0.1, -0.05) is 47.5 Å². The Hall–Kier alpha value is -5.42. The van der Waals surface area contributed by atoms with E-state index in [1.54, 1.807) is 70.7 Å². The number of fused-ring (bicyclic) bond motifs is 2. The Kier molecular flexibility index (Phi) is 16.4. The van der Waals surface area contributed by atoms with Crippen molar-refractivity contribution in [3.05, 3.63) is 129 Å². The van der Waals surface area contributed by atoms with Gasteiger partial charge in [-0.3, -0.25) is 10.2 Å². The zero-order valence-corrected chi connectivity index (χ0v) is 41.7. The number of amides is 2. The van der Waals surface area contributed by atoms with Crippen LogP contribution in [0.3, 0.4) is 0 Å². The van der Waals surface area contributed by atoms with Crippen molar-refractivity contribution in [2.45, 2.75) is 101 Å². The molecule has 0 saturated carbocycles. The minimum absolute atomic E-state index is 0.192. The fourth-order valence-corrected chi connectivity index (χ4v) is 9.55. The highest BCUT2D eigenvalue weighted by Gasteiger charge is 2.41. The smallest absolute Gasteiger partial charge is 0.410 e. The molecule has 2 amide bonds. The number of carbonyl (C=O) groups excluding carboxylic acids is 2. The number of hydrogen-bond donors (Lipinski definition) is 2. The lowest BCUT2D eigenvalue weighted by Gasteiger charge is -2.42. The standard InChI is InChI=1S/2C26H30ClF2N3O3/c2*1-25(2,3)35-24(33)32-10-8-26(9-11-32,18-4-6-20(29)7-5-18)16-34-22(14-28)21-13-19(27)12-17-15-30-31-23(17)21/h2*4-7,12-13,15,22H,8-11,14,16H2,1-3H3,(H,30,31)/t2*22-/m10/s1. The van der Waals surface area contributed by atoms with Gasteiger partial charge in [0.2, 0.25) is 0 Å². The van der Waals surface area contributed by atoms with Gasteiger partial charge in [0.05, 0.1) is 36.6 Å². The first kappa shape index (κ1) is 52.4. The Balaban J connectivity index is 0.000000206. The summed E-state index contributed by atoms with van der Waals surface area (Å²) < 4.78 is 79.3. The van der Waals surface area contributed by atoms with Gasteiger partial charge in [-0.15, -0.1) is 0 Å². The van der Waals surface area contributed by atoms with Gasteiger partial charge in [0.15, 0.2) is 0 Å². The van der Waals surface area contributed by atoms with E-state index < -0.39 is 47.6 Å². The Morgan fingerprint density at radius 3 is 1.27 bits per heavy atom. The topological polar surface area (TPSA) is 135 Å². The summed E-state index contributed by atoms with van der Waals surface area (Å²) >= 11 is 12.5. The summed E-state index contributed by atoms with van der Waals surface area (Å²) in [7, 11) is 0. The molecule has 18 heteroatoms. The minimum Gasteiger partial charge on any atom is -0.444 e. The van der Waals surface area contributed by atoms with Crippen LogP contribution in [0, 0.1) is 11.6 Å². The number of rotatable bonds is 12. The van der Waals surface area contributed by atoms with Crippen LogP contribution in [-0.4, -0.2) is 106 Å². The molecule has 4 aromatic carbocycles. The Labute approximate surface area is 415 Å². The Morgan fingerprint density at radius 2 is 0.957 bits per heavy atom. The van der Waals surface area contributed by atoms with Crippen molar-refractivity contribution in [1.29, 1.82) is 0 Å². The number of aromatic amines is 2. The summed E-state index contributed by atoms with van der Waals surface area (Å²) in [6, 6.07) is 19.5. The number of nitrogens with one attached hydrogen (secondary N) is 2. The summed E-state index contributed by atoms with van der Waals surface area (Å²) in [5.41, 5.74) is 2.08. The van der Waals surface area contributed by atoms with Gasteiger partial charge in [-0.2, -0.15) is 10.2 Å². The number of nitrogens with zero attached hydrogens (tertiary/aromatic N) is 4. The van der Waals surface area contributed by atoms with Crippen molar-refractivity contribution in [2.24, 2.45) is 0 Å². The molecule has 0 spiro atoms. The molecule has 2 atom stereocenters. The molecular formula is C52H60Cl2F4N6O6. The Bertz CT molecular complexity index is 2520. The summed E-state index contributed by atoms with van der Waals surface area (Å²) in [6.07, 6.45) is 3.05. The van der Waals surface area contributed by atoms with Gasteiger partial charge in [-0.25, -0.2) is 27.2 Å². The Morgan fingerprint density at radius 1 is 0.614 bits per heavy atom. The highest BCUT2D eigenvalue weighted by atomic mass is 35.5. The van der Waals surface area contributed by atoms with Crippen LogP contribution in [0.15, 0.2) is 85.2 Å². The fraction of sp³-hybridized carbons (Fsp3) is 0.462. The lowest BCUT2D eigenvalue weighted by atomic mass is 9.73. The van der Waals surface area contributed by atoms with Crippen LogP contribution in [-0.2, 0) is 29.8 Å². The normalized spacial score (nSPS) is 16.9. The van der Waals surface area contributed by atoms with E-state index in [2.05, 4.69) is 20.4 Å². The lowest BCUT2D eigenvalue weighted by molar-refractivity contribution is -0.0212. The van der Waals surface area contributed by atoms with Gasteiger partial charge >= 0.3 is 12.2 Å². The molecule has 12 nitrogen and oxygen atoms in total. The monoisotopic (exact) mass is 1010 g/mol. The van der Waals surface area contributed by atoms with Crippen molar-refractivity contribution in [2.75, 3.05) is 52.7 Å². The molecule has 2 aliphatic heterocycles. The second-order valence-corrected chi connectivity index (χ2v) is 20.9. The third-order valence-electron chi connectivity index (χ3n) is 12.8. The molecule has 6 aromatic rings. The number of alkyl halides is 2. The zero-order chi connectivity index (χ0) is 50.4. The summed E-state index contributed by atoms with van der Waals surface area (Å²) in [6.45, 7) is 11.6. The summed E-state index contributed by atoms with van der Waals surface area (Å²) in [5.74, 6) is -0.670. The number of likely N-dealkylation sites (tertiary alicyclic amines) is 2.